The van der Waals surface area contributed by atoms with Gasteiger partial charge in [0.25, 0.3) is 0 Å². The molecular formula is C23H14N4O. The first-order valence-electron chi connectivity index (χ1n) is 8.79. The summed E-state index contributed by atoms with van der Waals surface area (Å²) < 4.78 is 5.70. The number of allylic oxidation sites excluding steroid dienone is 1. The number of nitrogens with zero attached hydrogens (tertiary/aromatic N) is 3. The van der Waals surface area contributed by atoms with Crippen LogP contribution < -0.4 is 10.5 Å². The Bertz CT molecular complexity index is 1280. The summed E-state index contributed by atoms with van der Waals surface area (Å²) in [5, 5.41) is 11.2. The second-order valence-electron chi connectivity index (χ2n) is 6.45. The van der Waals surface area contributed by atoms with E-state index >= 15 is 0 Å². The standard InChI is InChI=1S/C23H14N4O/c24-13-17-21-20-16(11-18(26-21)14-7-3-1-4-8-14)12-19(15-9-5-2-6-10-15)27-23(20)28-22(17)25/h1-12H,25H2. The average Bonchev–Trinajstić information content (AvgIpc) is 2.74. The lowest BCUT2D eigenvalue weighted by molar-refractivity contribution is 0.409. The monoisotopic (exact) mass is 362 g/mol. The third kappa shape index (κ3) is 2.48. The van der Waals surface area contributed by atoms with E-state index in [-0.39, 0.29) is 11.5 Å². The van der Waals surface area contributed by atoms with Crippen molar-refractivity contribution in [3.8, 4) is 34.5 Å². The van der Waals surface area contributed by atoms with E-state index in [0.717, 1.165) is 27.9 Å². The molecule has 3 heterocycles. The van der Waals surface area contributed by atoms with E-state index in [2.05, 4.69) is 11.1 Å². The Morgan fingerprint density at radius 2 is 1.39 bits per heavy atom. The molecule has 0 unspecified atom stereocenters. The van der Waals surface area contributed by atoms with Crippen LogP contribution in [0.1, 0.15) is 5.69 Å². The van der Waals surface area contributed by atoms with Crippen molar-refractivity contribution in [2.75, 3.05) is 0 Å². The van der Waals surface area contributed by atoms with Gasteiger partial charge in [0, 0.05) is 11.1 Å². The number of aromatic nitrogens is 2. The van der Waals surface area contributed by atoms with E-state index in [1.807, 2.05) is 72.8 Å². The maximum atomic E-state index is 9.60. The molecule has 0 bridgehead atoms. The van der Waals surface area contributed by atoms with Crippen LogP contribution in [0.3, 0.4) is 0 Å². The topological polar surface area (TPSA) is 84.8 Å². The highest BCUT2D eigenvalue weighted by molar-refractivity contribution is 6.03. The van der Waals surface area contributed by atoms with Crippen LogP contribution >= 0.6 is 0 Å². The fourth-order valence-electron chi connectivity index (χ4n) is 3.40. The minimum atomic E-state index is 0.0201. The number of benzene rings is 2. The quantitative estimate of drug-likeness (QED) is 0.567. The summed E-state index contributed by atoms with van der Waals surface area (Å²) in [6, 6.07) is 25.8. The Balaban J connectivity index is 1.85. The number of hydrogen-bond donors (Lipinski definition) is 1. The number of hydrogen-bond acceptors (Lipinski definition) is 5. The molecule has 28 heavy (non-hydrogen) atoms. The van der Waals surface area contributed by atoms with E-state index in [1.165, 1.54) is 0 Å². The summed E-state index contributed by atoms with van der Waals surface area (Å²) in [7, 11) is 0. The van der Waals surface area contributed by atoms with Crippen molar-refractivity contribution < 1.29 is 4.74 Å². The first kappa shape index (κ1) is 16.0. The highest BCUT2D eigenvalue weighted by Crippen LogP contribution is 2.39. The van der Waals surface area contributed by atoms with Crippen molar-refractivity contribution in [1.82, 2.24) is 9.97 Å². The SMILES string of the molecule is N#CC1=C(N)Oc2nc(-c3ccccc3)cc3cc(-c4ccccc4)nc1c23. The first-order valence-corrected chi connectivity index (χ1v) is 8.79. The van der Waals surface area contributed by atoms with E-state index in [4.69, 9.17) is 15.5 Å². The summed E-state index contributed by atoms with van der Waals surface area (Å²) in [4.78, 5) is 9.36. The summed E-state index contributed by atoms with van der Waals surface area (Å²) in [5.74, 6) is 0.390. The normalized spacial score (nSPS) is 12.5. The fourth-order valence-corrected chi connectivity index (χ4v) is 3.40. The van der Waals surface area contributed by atoms with Crippen molar-refractivity contribution >= 4 is 16.3 Å². The molecule has 1 aliphatic heterocycles. The van der Waals surface area contributed by atoms with E-state index < -0.39 is 0 Å². The zero-order valence-corrected chi connectivity index (χ0v) is 14.8. The Morgan fingerprint density at radius 3 is 1.96 bits per heavy atom. The Morgan fingerprint density at radius 1 is 0.821 bits per heavy atom. The number of rotatable bonds is 2. The first-order chi connectivity index (χ1) is 13.7. The molecule has 4 aromatic rings. The van der Waals surface area contributed by atoms with Crippen LogP contribution in [-0.2, 0) is 0 Å². The van der Waals surface area contributed by atoms with Gasteiger partial charge in [0.2, 0.25) is 11.8 Å². The van der Waals surface area contributed by atoms with Gasteiger partial charge in [-0.2, -0.15) is 5.26 Å². The van der Waals surface area contributed by atoms with Gasteiger partial charge in [-0.15, -0.1) is 0 Å². The molecule has 0 aliphatic carbocycles. The maximum absolute atomic E-state index is 9.60. The lowest BCUT2D eigenvalue weighted by Gasteiger charge is -2.19. The summed E-state index contributed by atoms with van der Waals surface area (Å²) in [6.07, 6.45) is 0. The number of ether oxygens (including phenoxy) is 1. The molecule has 0 fully saturated rings. The van der Waals surface area contributed by atoms with Crippen molar-refractivity contribution in [2.45, 2.75) is 0 Å². The third-order valence-corrected chi connectivity index (χ3v) is 4.72. The molecule has 0 amide bonds. The van der Waals surface area contributed by atoms with Crippen molar-refractivity contribution in [3.63, 3.8) is 0 Å². The molecule has 1 aliphatic rings. The summed E-state index contributed by atoms with van der Waals surface area (Å²) >= 11 is 0. The predicted molar refractivity (Wildman–Crippen MR) is 108 cm³/mol. The maximum Gasteiger partial charge on any atom is 0.231 e. The number of nitrogens with two attached hydrogens (primary N) is 1. The minimum absolute atomic E-state index is 0.0201. The van der Waals surface area contributed by atoms with Gasteiger partial charge in [-0.05, 0) is 17.5 Å². The molecule has 5 heteroatoms. The molecule has 2 N–H and O–H groups in total. The Kier molecular flexibility index (Phi) is 3.56. The highest BCUT2D eigenvalue weighted by atomic mass is 16.5. The van der Waals surface area contributed by atoms with Gasteiger partial charge >= 0.3 is 0 Å². The largest absolute Gasteiger partial charge is 0.421 e. The van der Waals surface area contributed by atoms with Gasteiger partial charge in [-0.3, -0.25) is 0 Å². The highest BCUT2D eigenvalue weighted by Gasteiger charge is 2.26. The van der Waals surface area contributed by atoms with Crippen molar-refractivity contribution in [1.29, 1.82) is 5.26 Å². The Hall–Kier alpha value is -4.17. The molecule has 0 atom stereocenters. The van der Waals surface area contributed by atoms with E-state index in [9.17, 15) is 5.26 Å². The lowest BCUT2D eigenvalue weighted by Crippen LogP contribution is -2.15. The van der Waals surface area contributed by atoms with Crippen molar-refractivity contribution in [3.05, 3.63) is 84.4 Å². The molecule has 0 radical (unpaired) electrons. The smallest absolute Gasteiger partial charge is 0.231 e. The molecule has 5 nitrogen and oxygen atoms in total. The predicted octanol–water partition coefficient (Wildman–Crippen LogP) is 4.51. The van der Waals surface area contributed by atoms with Gasteiger partial charge < -0.3 is 10.5 Å². The van der Waals surface area contributed by atoms with Crippen LogP contribution in [0.4, 0.5) is 0 Å². The zero-order valence-electron chi connectivity index (χ0n) is 14.8. The third-order valence-electron chi connectivity index (χ3n) is 4.72. The molecule has 5 rings (SSSR count). The van der Waals surface area contributed by atoms with Crippen LogP contribution in [0.25, 0.3) is 38.9 Å². The van der Waals surface area contributed by atoms with Crippen molar-refractivity contribution in [2.24, 2.45) is 5.73 Å². The van der Waals surface area contributed by atoms with Crippen LogP contribution in [0.2, 0.25) is 0 Å². The molecular weight excluding hydrogens is 348 g/mol. The Labute approximate surface area is 161 Å². The fraction of sp³-hybridized carbons (Fsp3) is 0. The van der Waals surface area contributed by atoms with Gasteiger partial charge in [0.05, 0.1) is 16.8 Å². The molecule has 2 aromatic heterocycles. The van der Waals surface area contributed by atoms with E-state index in [1.54, 1.807) is 0 Å². The minimum Gasteiger partial charge on any atom is -0.421 e. The molecule has 2 aromatic carbocycles. The lowest BCUT2D eigenvalue weighted by atomic mass is 9.99. The molecule has 0 saturated heterocycles. The number of pyridine rings is 2. The molecule has 0 spiro atoms. The zero-order chi connectivity index (χ0) is 19.1. The second kappa shape index (κ2) is 6.22. The van der Waals surface area contributed by atoms with Crippen LogP contribution in [-0.4, -0.2) is 9.97 Å². The van der Waals surface area contributed by atoms with Gasteiger partial charge in [0.15, 0.2) is 0 Å². The summed E-state index contributed by atoms with van der Waals surface area (Å²) in [6.45, 7) is 0. The van der Waals surface area contributed by atoms with E-state index in [0.29, 0.717) is 17.0 Å². The van der Waals surface area contributed by atoms with Gasteiger partial charge in [-0.1, -0.05) is 60.7 Å². The number of nitriles is 1. The van der Waals surface area contributed by atoms with Gasteiger partial charge in [0.1, 0.15) is 17.3 Å². The summed E-state index contributed by atoms with van der Waals surface area (Å²) in [5.41, 5.74) is 10.2. The molecule has 132 valence electrons. The van der Waals surface area contributed by atoms with Gasteiger partial charge in [-0.25, -0.2) is 9.97 Å². The van der Waals surface area contributed by atoms with Crippen LogP contribution in [0.15, 0.2) is 78.7 Å². The average molecular weight is 362 g/mol. The second-order valence-corrected chi connectivity index (χ2v) is 6.45. The molecule has 0 saturated carbocycles. The van der Waals surface area contributed by atoms with Crippen LogP contribution in [0.5, 0.6) is 5.88 Å². The van der Waals surface area contributed by atoms with Crippen LogP contribution in [0, 0.1) is 11.3 Å².